The Labute approximate surface area is 193 Å². The first-order valence-corrected chi connectivity index (χ1v) is 11.5. The first kappa shape index (κ1) is 22.3. The van der Waals surface area contributed by atoms with E-state index in [9.17, 15) is 4.79 Å². The predicted octanol–water partition coefficient (Wildman–Crippen LogP) is 3.67. The number of hydrogen-bond acceptors (Lipinski definition) is 6. The third-order valence-electron chi connectivity index (χ3n) is 6.28. The molecule has 0 spiro atoms. The predicted molar refractivity (Wildman–Crippen MR) is 123 cm³/mol. The number of nitrogens with zero attached hydrogens (tertiary/aromatic N) is 5. The zero-order valence-corrected chi connectivity index (χ0v) is 19.2. The van der Waals surface area contributed by atoms with E-state index in [-0.39, 0.29) is 5.91 Å². The van der Waals surface area contributed by atoms with Gasteiger partial charge in [0.05, 0.1) is 16.6 Å². The lowest BCUT2D eigenvalue weighted by molar-refractivity contribution is 0.0638. The van der Waals surface area contributed by atoms with Crippen molar-refractivity contribution in [2.45, 2.75) is 45.2 Å². The van der Waals surface area contributed by atoms with Crippen LogP contribution in [0.4, 0.5) is 5.82 Å². The van der Waals surface area contributed by atoms with Crippen molar-refractivity contribution < 1.29 is 4.79 Å². The molecule has 0 saturated carbocycles. The number of nitrogens with two attached hydrogens (primary N) is 1. The maximum absolute atomic E-state index is 13.2. The van der Waals surface area contributed by atoms with Crippen LogP contribution in [0.3, 0.4) is 0 Å². The standard InChI is InChI=1S/C22H28Cl2N6O/c1-15-20(22(31)29-10-6-17(7-11-29)28-8-2-3-9-28)26-14-27-21(15)30(25)13-16-4-5-18(23)19(24)12-16/h4-5,12,14,17H,2-3,6-11,13,25H2,1H3. The number of benzene rings is 1. The van der Waals surface area contributed by atoms with Gasteiger partial charge in [0.25, 0.3) is 5.91 Å². The van der Waals surface area contributed by atoms with Crippen LogP contribution in [0.25, 0.3) is 0 Å². The summed E-state index contributed by atoms with van der Waals surface area (Å²) in [5, 5.41) is 2.47. The molecule has 0 radical (unpaired) electrons. The van der Waals surface area contributed by atoms with E-state index in [1.165, 1.54) is 37.3 Å². The summed E-state index contributed by atoms with van der Waals surface area (Å²) in [6, 6.07) is 5.97. The molecule has 0 bridgehead atoms. The normalized spacial score (nSPS) is 17.9. The van der Waals surface area contributed by atoms with Gasteiger partial charge in [0.2, 0.25) is 0 Å². The average molecular weight is 463 g/mol. The van der Waals surface area contributed by atoms with Crippen LogP contribution in [-0.4, -0.2) is 57.9 Å². The van der Waals surface area contributed by atoms with Crippen LogP contribution in [0.1, 0.15) is 47.3 Å². The van der Waals surface area contributed by atoms with Gasteiger partial charge >= 0.3 is 0 Å². The topological polar surface area (TPSA) is 78.6 Å². The summed E-state index contributed by atoms with van der Waals surface area (Å²) >= 11 is 12.1. The SMILES string of the molecule is Cc1c(C(=O)N2CCC(N3CCCC3)CC2)ncnc1N(N)Cc1ccc(Cl)c(Cl)c1. The van der Waals surface area contributed by atoms with Gasteiger partial charge in [-0.05, 0) is 63.4 Å². The molecule has 4 rings (SSSR count). The van der Waals surface area contributed by atoms with Crippen molar-refractivity contribution in [2.24, 2.45) is 5.84 Å². The highest BCUT2D eigenvalue weighted by molar-refractivity contribution is 6.42. The van der Waals surface area contributed by atoms with Crippen LogP contribution in [0, 0.1) is 6.92 Å². The van der Waals surface area contributed by atoms with Gasteiger partial charge in [-0.2, -0.15) is 0 Å². The summed E-state index contributed by atoms with van der Waals surface area (Å²) in [5.41, 5.74) is 1.98. The Morgan fingerprint density at radius 1 is 1.13 bits per heavy atom. The first-order valence-electron chi connectivity index (χ1n) is 10.7. The third-order valence-corrected chi connectivity index (χ3v) is 7.02. The molecule has 2 fully saturated rings. The van der Waals surface area contributed by atoms with Crippen LogP contribution in [-0.2, 0) is 6.54 Å². The number of anilines is 1. The molecule has 1 aromatic heterocycles. The second-order valence-corrected chi connectivity index (χ2v) is 9.13. The molecule has 7 nitrogen and oxygen atoms in total. The summed E-state index contributed by atoms with van der Waals surface area (Å²) < 4.78 is 0. The number of carbonyl (C=O) groups excluding carboxylic acids is 1. The molecule has 2 N–H and O–H groups in total. The second kappa shape index (κ2) is 9.69. The molecular formula is C22H28Cl2N6O. The van der Waals surface area contributed by atoms with Crippen molar-refractivity contribution in [2.75, 3.05) is 31.2 Å². The van der Waals surface area contributed by atoms with Crippen molar-refractivity contribution in [1.29, 1.82) is 0 Å². The zero-order valence-electron chi connectivity index (χ0n) is 17.7. The van der Waals surface area contributed by atoms with Crippen LogP contribution < -0.4 is 10.9 Å². The Hall–Kier alpha value is -1.93. The van der Waals surface area contributed by atoms with E-state index in [4.69, 9.17) is 29.0 Å². The number of halogens is 2. The quantitative estimate of drug-likeness (QED) is 0.539. The lowest BCUT2D eigenvalue weighted by atomic mass is 10.0. The molecule has 31 heavy (non-hydrogen) atoms. The molecule has 3 heterocycles. The Bertz CT molecular complexity index is 942. The fourth-order valence-corrected chi connectivity index (χ4v) is 4.87. The Kier molecular flexibility index (Phi) is 6.96. The van der Waals surface area contributed by atoms with Gasteiger partial charge in [-0.3, -0.25) is 9.80 Å². The minimum absolute atomic E-state index is 0.0519. The molecule has 0 aliphatic carbocycles. The molecular weight excluding hydrogens is 435 g/mol. The molecule has 166 valence electrons. The summed E-state index contributed by atoms with van der Waals surface area (Å²) in [4.78, 5) is 26.3. The van der Waals surface area contributed by atoms with Crippen molar-refractivity contribution in [3.8, 4) is 0 Å². The van der Waals surface area contributed by atoms with E-state index < -0.39 is 0 Å². The highest BCUT2D eigenvalue weighted by Gasteiger charge is 2.30. The number of rotatable bonds is 5. The number of aromatic nitrogens is 2. The molecule has 9 heteroatoms. The molecule has 2 saturated heterocycles. The molecule has 0 atom stereocenters. The summed E-state index contributed by atoms with van der Waals surface area (Å²) in [6.45, 7) is 6.12. The number of likely N-dealkylation sites (tertiary alicyclic amines) is 2. The lowest BCUT2D eigenvalue weighted by Gasteiger charge is -2.36. The molecule has 2 aliphatic heterocycles. The molecule has 2 aromatic rings. The van der Waals surface area contributed by atoms with E-state index in [0.717, 1.165) is 31.5 Å². The Morgan fingerprint density at radius 3 is 2.52 bits per heavy atom. The van der Waals surface area contributed by atoms with E-state index in [1.807, 2.05) is 17.9 Å². The number of piperidine rings is 1. The van der Waals surface area contributed by atoms with Gasteiger partial charge in [0.15, 0.2) is 0 Å². The average Bonchev–Trinajstić information content (AvgIpc) is 3.31. The van der Waals surface area contributed by atoms with Crippen molar-refractivity contribution in [3.63, 3.8) is 0 Å². The molecule has 0 unspecified atom stereocenters. The maximum atomic E-state index is 13.2. The van der Waals surface area contributed by atoms with E-state index in [2.05, 4.69) is 14.9 Å². The minimum Gasteiger partial charge on any atom is -0.337 e. The van der Waals surface area contributed by atoms with Gasteiger partial charge < -0.3 is 9.80 Å². The van der Waals surface area contributed by atoms with Crippen LogP contribution in [0.2, 0.25) is 10.0 Å². The van der Waals surface area contributed by atoms with Crippen LogP contribution in [0.15, 0.2) is 24.5 Å². The number of carbonyl (C=O) groups is 1. The molecule has 2 aliphatic rings. The minimum atomic E-state index is -0.0519. The fraction of sp³-hybridized carbons (Fsp3) is 0.500. The van der Waals surface area contributed by atoms with Gasteiger partial charge in [0.1, 0.15) is 17.8 Å². The Morgan fingerprint density at radius 2 is 1.84 bits per heavy atom. The Balaban J connectivity index is 1.44. The van der Waals surface area contributed by atoms with E-state index in [0.29, 0.717) is 39.7 Å². The van der Waals surface area contributed by atoms with Gasteiger partial charge in [-0.25, -0.2) is 15.8 Å². The lowest BCUT2D eigenvalue weighted by Crippen LogP contribution is -2.46. The zero-order chi connectivity index (χ0) is 22.0. The summed E-state index contributed by atoms with van der Waals surface area (Å²) in [5.74, 6) is 6.76. The maximum Gasteiger partial charge on any atom is 0.272 e. The number of amides is 1. The van der Waals surface area contributed by atoms with E-state index in [1.54, 1.807) is 12.1 Å². The van der Waals surface area contributed by atoms with Crippen molar-refractivity contribution in [3.05, 3.63) is 51.4 Å². The van der Waals surface area contributed by atoms with Crippen LogP contribution >= 0.6 is 23.2 Å². The largest absolute Gasteiger partial charge is 0.337 e. The van der Waals surface area contributed by atoms with Crippen LogP contribution in [0.5, 0.6) is 0 Å². The molecule has 1 amide bonds. The van der Waals surface area contributed by atoms with Gasteiger partial charge in [-0.15, -0.1) is 0 Å². The number of hydrogen-bond donors (Lipinski definition) is 1. The van der Waals surface area contributed by atoms with Crippen molar-refractivity contribution >= 4 is 34.9 Å². The third kappa shape index (κ3) is 4.95. The summed E-state index contributed by atoms with van der Waals surface area (Å²) in [6.07, 6.45) is 6.02. The highest BCUT2D eigenvalue weighted by Crippen LogP contribution is 2.26. The van der Waals surface area contributed by atoms with Crippen molar-refractivity contribution in [1.82, 2.24) is 19.8 Å². The highest BCUT2D eigenvalue weighted by atomic mass is 35.5. The number of hydrazine groups is 1. The van der Waals surface area contributed by atoms with Gasteiger partial charge in [0, 0.05) is 24.7 Å². The smallest absolute Gasteiger partial charge is 0.272 e. The van der Waals surface area contributed by atoms with E-state index >= 15 is 0 Å². The summed E-state index contributed by atoms with van der Waals surface area (Å²) in [7, 11) is 0. The second-order valence-electron chi connectivity index (χ2n) is 8.31. The first-order chi connectivity index (χ1) is 14.9. The fourth-order valence-electron chi connectivity index (χ4n) is 4.55. The van der Waals surface area contributed by atoms with Gasteiger partial charge in [-0.1, -0.05) is 29.3 Å². The molecule has 1 aromatic carbocycles. The monoisotopic (exact) mass is 462 g/mol.